The van der Waals surface area contributed by atoms with Gasteiger partial charge >= 0.3 is 5.69 Å². The number of fused-ring (bicyclic) bond motifs is 1. The maximum Gasteiger partial charge on any atom is 0.340 e. The van der Waals surface area contributed by atoms with E-state index in [0.29, 0.717) is 48.9 Å². The van der Waals surface area contributed by atoms with Crippen molar-refractivity contribution in [2.24, 2.45) is 5.92 Å². The van der Waals surface area contributed by atoms with Gasteiger partial charge in [0, 0.05) is 17.5 Å². The lowest BCUT2D eigenvalue weighted by atomic mass is 9.85. The molecule has 2 aromatic rings. The summed E-state index contributed by atoms with van der Waals surface area (Å²) in [6, 6.07) is 5.20. The number of carbonyl (C=O) groups excluding carboxylic acids is 2. The minimum absolute atomic E-state index is 0.0300. The van der Waals surface area contributed by atoms with E-state index in [4.69, 9.17) is 19.4 Å². The van der Waals surface area contributed by atoms with Crippen LogP contribution >= 0.6 is 0 Å². The predicted octanol–water partition coefficient (Wildman–Crippen LogP) is 0.175. The van der Waals surface area contributed by atoms with Crippen LogP contribution in [0.15, 0.2) is 23.0 Å². The quantitative estimate of drug-likeness (QED) is 0.403. The Bertz CT molecular complexity index is 994. The maximum atomic E-state index is 12.5. The summed E-state index contributed by atoms with van der Waals surface area (Å²) in [5.41, 5.74) is 0.130. The summed E-state index contributed by atoms with van der Waals surface area (Å²) in [6.45, 7) is 0.910. The molecule has 0 atom stereocenters. The fraction of sp³-hybridized carbons (Fsp3) is 0.450. The molecule has 1 fully saturated rings. The number of carboxylic acid groups (broad SMARTS) is 1. The maximum absolute atomic E-state index is 12.5. The number of H-pyrrole nitrogens is 2. The second-order valence-corrected chi connectivity index (χ2v) is 7.33. The number of benzene rings is 1. The van der Waals surface area contributed by atoms with Gasteiger partial charge in [0.15, 0.2) is 11.5 Å². The Kier molecular flexibility index (Phi) is 7.84. The van der Waals surface area contributed by atoms with Crippen LogP contribution in [0.1, 0.15) is 41.9 Å². The van der Waals surface area contributed by atoms with E-state index in [1.807, 2.05) is 0 Å². The van der Waals surface area contributed by atoms with Crippen molar-refractivity contribution in [3.8, 4) is 11.5 Å². The minimum Gasteiger partial charge on any atom is -0.486 e. The molecule has 172 valence electrons. The van der Waals surface area contributed by atoms with Gasteiger partial charge < -0.3 is 25.2 Å². The van der Waals surface area contributed by atoms with E-state index in [1.54, 1.807) is 18.2 Å². The van der Waals surface area contributed by atoms with Crippen LogP contribution in [0.4, 0.5) is 0 Å². The molecule has 1 saturated carbocycles. The van der Waals surface area contributed by atoms with Crippen LogP contribution in [0.5, 0.6) is 11.5 Å². The molecular weight excluding hydrogens is 422 g/mol. The third-order valence-corrected chi connectivity index (χ3v) is 5.22. The molecule has 1 aromatic heterocycles. The molecule has 0 unspecified atom stereocenters. The van der Waals surface area contributed by atoms with Crippen molar-refractivity contribution < 1.29 is 29.0 Å². The largest absolute Gasteiger partial charge is 0.486 e. The zero-order chi connectivity index (χ0) is 22.9. The van der Waals surface area contributed by atoms with Crippen molar-refractivity contribution in [2.45, 2.75) is 38.3 Å². The van der Waals surface area contributed by atoms with Crippen LogP contribution in [-0.4, -0.2) is 57.8 Å². The van der Waals surface area contributed by atoms with Gasteiger partial charge in [0.1, 0.15) is 19.0 Å². The van der Waals surface area contributed by atoms with Gasteiger partial charge in [-0.2, -0.15) is 5.10 Å². The lowest BCUT2D eigenvalue weighted by Gasteiger charge is -2.28. The lowest BCUT2D eigenvalue weighted by molar-refractivity contribution is -0.126. The summed E-state index contributed by atoms with van der Waals surface area (Å²) in [4.78, 5) is 46.7. The molecule has 1 aliphatic heterocycles. The van der Waals surface area contributed by atoms with E-state index in [-0.39, 0.29) is 36.8 Å². The van der Waals surface area contributed by atoms with Gasteiger partial charge in [-0.3, -0.25) is 19.4 Å². The third-order valence-electron chi connectivity index (χ3n) is 5.22. The Labute approximate surface area is 182 Å². The second kappa shape index (κ2) is 11.0. The molecule has 4 rings (SSSR count). The van der Waals surface area contributed by atoms with Crippen LogP contribution in [0.3, 0.4) is 0 Å². The number of hydrogen-bond donors (Lipinski definition) is 5. The first-order chi connectivity index (χ1) is 15.5. The molecule has 2 aliphatic rings. The summed E-state index contributed by atoms with van der Waals surface area (Å²) in [5, 5.41) is 18.7. The number of carbonyl (C=O) groups is 3. The normalized spacial score (nSPS) is 19.1. The van der Waals surface area contributed by atoms with Gasteiger partial charge in [0.2, 0.25) is 5.91 Å². The molecule has 0 saturated heterocycles. The Hall–Kier alpha value is -3.83. The zero-order valence-electron chi connectivity index (χ0n) is 17.3. The smallest absolute Gasteiger partial charge is 0.340 e. The Balaban J connectivity index is 0.000000913. The highest BCUT2D eigenvalue weighted by molar-refractivity contribution is 5.95. The van der Waals surface area contributed by atoms with Crippen LogP contribution in [0.25, 0.3) is 0 Å². The molecule has 1 aliphatic carbocycles. The molecule has 12 heteroatoms. The summed E-state index contributed by atoms with van der Waals surface area (Å²) >= 11 is 0. The number of aromatic amines is 2. The summed E-state index contributed by atoms with van der Waals surface area (Å²) in [7, 11) is 0. The number of rotatable bonds is 5. The van der Waals surface area contributed by atoms with Crippen molar-refractivity contribution in [3.63, 3.8) is 0 Å². The lowest BCUT2D eigenvalue weighted by Crippen LogP contribution is -2.40. The monoisotopic (exact) mass is 447 g/mol. The van der Waals surface area contributed by atoms with Crippen LogP contribution in [0.2, 0.25) is 0 Å². The Morgan fingerprint density at radius 3 is 2.50 bits per heavy atom. The van der Waals surface area contributed by atoms with E-state index in [1.165, 1.54) is 0 Å². The minimum atomic E-state index is -0.400. The average molecular weight is 447 g/mol. The number of nitrogens with one attached hydrogen (secondary N) is 4. The van der Waals surface area contributed by atoms with Gasteiger partial charge in [-0.15, -0.1) is 0 Å². The highest BCUT2D eigenvalue weighted by Crippen LogP contribution is 2.31. The molecule has 0 radical (unpaired) electrons. The standard InChI is InChI=1S/C19H23N5O5.CH2O2/c25-17(20-10-16-22-19(27)24-23-16)11-1-4-13(5-2-11)21-18(26)12-3-6-14-15(9-12)29-8-7-28-14;2-1-3/h3,6,9,11,13H,1-2,4-5,7-8,10H2,(H,20,25)(H,21,26)(H2,22,23,24,27);1H,(H,2,3). The third kappa shape index (κ3) is 6.09. The van der Waals surface area contributed by atoms with Crippen molar-refractivity contribution in [1.29, 1.82) is 0 Å². The number of nitrogens with zero attached hydrogens (tertiary/aromatic N) is 1. The van der Waals surface area contributed by atoms with E-state index >= 15 is 0 Å². The second-order valence-electron chi connectivity index (χ2n) is 7.33. The summed E-state index contributed by atoms with van der Waals surface area (Å²) in [6.07, 6.45) is 2.84. The summed E-state index contributed by atoms with van der Waals surface area (Å²) < 4.78 is 11.0. The fourth-order valence-electron chi connectivity index (χ4n) is 3.66. The number of ether oxygens (including phenoxy) is 2. The van der Waals surface area contributed by atoms with Gasteiger partial charge in [-0.25, -0.2) is 9.89 Å². The van der Waals surface area contributed by atoms with E-state index in [2.05, 4.69) is 25.8 Å². The number of aromatic nitrogens is 3. The topological polar surface area (TPSA) is 175 Å². The Morgan fingerprint density at radius 1 is 1.16 bits per heavy atom. The first-order valence-electron chi connectivity index (χ1n) is 10.2. The van der Waals surface area contributed by atoms with Crippen molar-refractivity contribution in [3.05, 3.63) is 40.1 Å². The molecule has 32 heavy (non-hydrogen) atoms. The SMILES string of the molecule is O=C(NC1CCC(C(=O)NCc2n[nH]c(=O)[nH]2)CC1)c1ccc2c(c1)OCCO2.O=CO. The van der Waals surface area contributed by atoms with E-state index < -0.39 is 5.69 Å². The van der Waals surface area contributed by atoms with Crippen LogP contribution in [-0.2, 0) is 16.1 Å². The molecular formula is C20H25N5O7. The van der Waals surface area contributed by atoms with Crippen molar-refractivity contribution in [2.75, 3.05) is 13.2 Å². The van der Waals surface area contributed by atoms with Gasteiger partial charge in [0.05, 0.1) is 6.54 Å². The zero-order valence-corrected chi connectivity index (χ0v) is 17.3. The first-order valence-corrected chi connectivity index (χ1v) is 10.2. The number of hydrogen-bond acceptors (Lipinski definition) is 7. The molecule has 0 spiro atoms. The van der Waals surface area contributed by atoms with Crippen molar-refractivity contribution >= 4 is 18.3 Å². The summed E-state index contributed by atoms with van der Waals surface area (Å²) in [5.74, 6) is 1.30. The first kappa shape index (κ1) is 22.8. The Morgan fingerprint density at radius 2 is 1.84 bits per heavy atom. The van der Waals surface area contributed by atoms with E-state index in [0.717, 1.165) is 12.8 Å². The molecule has 2 heterocycles. The fourth-order valence-corrected chi connectivity index (χ4v) is 3.66. The average Bonchev–Trinajstić information content (AvgIpc) is 3.23. The highest BCUT2D eigenvalue weighted by atomic mass is 16.6. The number of amides is 2. The van der Waals surface area contributed by atoms with Crippen LogP contribution < -0.4 is 25.8 Å². The molecule has 12 nitrogen and oxygen atoms in total. The molecule has 5 N–H and O–H groups in total. The molecule has 2 amide bonds. The van der Waals surface area contributed by atoms with Gasteiger partial charge in [0.25, 0.3) is 12.4 Å². The molecule has 1 aromatic carbocycles. The van der Waals surface area contributed by atoms with Gasteiger partial charge in [-0.05, 0) is 43.9 Å². The highest BCUT2D eigenvalue weighted by Gasteiger charge is 2.27. The van der Waals surface area contributed by atoms with E-state index in [9.17, 15) is 14.4 Å². The van der Waals surface area contributed by atoms with Crippen LogP contribution in [0, 0.1) is 5.92 Å². The van der Waals surface area contributed by atoms with Crippen molar-refractivity contribution in [1.82, 2.24) is 25.8 Å². The molecule has 0 bridgehead atoms. The van der Waals surface area contributed by atoms with Gasteiger partial charge in [-0.1, -0.05) is 0 Å². The predicted molar refractivity (Wildman–Crippen MR) is 110 cm³/mol.